The lowest BCUT2D eigenvalue weighted by atomic mass is 10.0. The molecule has 0 saturated carbocycles. The molecule has 1 atom stereocenters. The summed E-state index contributed by atoms with van der Waals surface area (Å²) in [7, 11) is 0. The highest BCUT2D eigenvalue weighted by atomic mass is 32.1. The number of amides is 2. The van der Waals surface area contributed by atoms with Crippen molar-refractivity contribution in [3.05, 3.63) is 22.2 Å². The van der Waals surface area contributed by atoms with E-state index in [0.29, 0.717) is 19.1 Å². The van der Waals surface area contributed by atoms with Gasteiger partial charge in [0.05, 0.1) is 17.3 Å². The zero-order valence-corrected chi connectivity index (χ0v) is 14.9. The molecule has 1 aromatic rings. The minimum absolute atomic E-state index is 0.159. The number of ether oxygens (including phenoxy) is 1. The molecule has 1 unspecified atom stereocenters. The fraction of sp³-hybridized carbons (Fsp3) is 0.562. The van der Waals surface area contributed by atoms with Crippen molar-refractivity contribution >= 4 is 29.4 Å². The summed E-state index contributed by atoms with van der Waals surface area (Å²) in [6.07, 6.45) is 3.43. The largest absolute Gasteiger partial charge is 0.450 e. The first-order chi connectivity index (χ1) is 10.9. The van der Waals surface area contributed by atoms with Gasteiger partial charge in [-0.05, 0) is 32.3 Å². The summed E-state index contributed by atoms with van der Waals surface area (Å²) in [4.78, 5) is 27.6. The molecule has 1 heterocycles. The van der Waals surface area contributed by atoms with E-state index in [0.717, 1.165) is 17.1 Å². The smallest absolute Gasteiger partial charge is 0.407 e. The average Bonchev–Trinajstić information content (AvgIpc) is 2.88. The van der Waals surface area contributed by atoms with Crippen LogP contribution in [-0.4, -0.2) is 36.2 Å². The van der Waals surface area contributed by atoms with Gasteiger partial charge in [0.1, 0.15) is 0 Å². The van der Waals surface area contributed by atoms with Crippen LogP contribution in [0.4, 0.5) is 4.79 Å². The number of hydrogen-bond donors (Lipinski definition) is 2. The van der Waals surface area contributed by atoms with Crippen molar-refractivity contribution in [2.24, 2.45) is 5.92 Å². The summed E-state index contributed by atoms with van der Waals surface area (Å²) >= 11 is 1.54. The quantitative estimate of drug-likeness (QED) is 0.714. The number of hydrogen-bond acceptors (Lipinski definition) is 5. The number of nitrogens with one attached hydrogen (secondary N) is 2. The summed E-state index contributed by atoms with van der Waals surface area (Å²) in [6.45, 7) is 8.47. The topological polar surface area (TPSA) is 80.3 Å². The van der Waals surface area contributed by atoms with Crippen molar-refractivity contribution in [2.75, 3.05) is 13.2 Å². The Labute approximate surface area is 141 Å². The molecule has 7 heteroatoms. The van der Waals surface area contributed by atoms with Crippen LogP contribution in [0, 0.1) is 12.8 Å². The summed E-state index contributed by atoms with van der Waals surface area (Å²) < 4.78 is 4.88. The molecule has 2 amide bonds. The van der Waals surface area contributed by atoms with Crippen molar-refractivity contribution in [3.63, 3.8) is 0 Å². The van der Waals surface area contributed by atoms with Gasteiger partial charge in [0.15, 0.2) is 0 Å². The summed E-state index contributed by atoms with van der Waals surface area (Å²) in [6, 6.07) is -0.159. The highest BCUT2D eigenvalue weighted by Gasteiger charge is 2.15. The van der Waals surface area contributed by atoms with Crippen molar-refractivity contribution in [1.82, 2.24) is 15.6 Å². The second-order valence-corrected chi connectivity index (χ2v) is 6.62. The molecule has 6 nitrogen and oxygen atoms in total. The van der Waals surface area contributed by atoms with E-state index in [1.54, 1.807) is 13.0 Å². The molecule has 128 valence electrons. The van der Waals surface area contributed by atoms with E-state index in [4.69, 9.17) is 4.74 Å². The summed E-state index contributed by atoms with van der Waals surface area (Å²) in [5.74, 6) is 0.183. The summed E-state index contributed by atoms with van der Waals surface area (Å²) in [5, 5.41) is 8.41. The van der Waals surface area contributed by atoms with Gasteiger partial charge in [-0.15, -0.1) is 11.3 Å². The van der Waals surface area contributed by atoms with Crippen LogP contribution in [-0.2, 0) is 9.53 Å². The second-order valence-electron chi connectivity index (χ2n) is 5.56. The van der Waals surface area contributed by atoms with Gasteiger partial charge in [0, 0.05) is 24.0 Å². The third kappa shape index (κ3) is 8.35. The fourth-order valence-electron chi connectivity index (χ4n) is 2.00. The Morgan fingerprint density at radius 3 is 2.74 bits per heavy atom. The predicted octanol–water partition coefficient (Wildman–Crippen LogP) is 2.74. The third-order valence-electron chi connectivity index (χ3n) is 2.92. The summed E-state index contributed by atoms with van der Waals surface area (Å²) in [5.41, 5.74) is 0.769. The standard InChI is InChI=1S/C16H25N3O3S/c1-5-22-16(21)19-14(8-11(2)3)9-17-15(20)7-6-13-10-23-12(4)18-13/h6-7,10-11,14H,5,8-9H2,1-4H3,(H,17,20)(H,19,21)/b7-6+. The van der Waals surface area contributed by atoms with E-state index in [1.807, 2.05) is 12.3 Å². The van der Waals surface area contributed by atoms with E-state index >= 15 is 0 Å². The van der Waals surface area contributed by atoms with E-state index in [-0.39, 0.29) is 11.9 Å². The Morgan fingerprint density at radius 2 is 2.17 bits per heavy atom. The maximum atomic E-state index is 11.9. The fourth-order valence-corrected chi connectivity index (χ4v) is 2.58. The highest BCUT2D eigenvalue weighted by Crippen LogP contribution is 2.09. The first-order valence-electron chi connectivity index (χ1n) is 7.72. The molecule has 0 aliphatic carbocycles. The highest BCUT2D eigenvalue weighted by molar-refractivity contribution is 7.09. The normalized spacial score (nSPS) is 12.4. The minimum Gasteiger partial charge on any atom is -0.450 e. The van der Waals surface area contributed by atoms with Gasteiger partial charge in [-0.2, -0.15) is 0 Å². The lowest BCUT2D eigenvalue weighted by Gasteiger charge is -2.20. The maximum absolute atomic E-state index is 11.9. The molecule has 0 radical (unpaired) electrons. The Balaban J connectivity index is 2.47. The van der Waals surface area contributed by atoms with Crippen LogP contribution >= 0.6 is 11.3 Å². The Hall–Kier alpha value is -1.89. The molecule has 1 rings (SSSR count). The molecule has 1 aromatic heterocycles. The third-order valence-corrected chi connectivity index (χ3v) is 3.71. The minimum atomic E-state index is -0.458. The van der Waals surface area contributed by atoms with E-state index in [1.165, 1.54) is 17.4 Å². The molecule has 23 heavy (non-hydrogen) atoms. The first kappa shape index (κ1) is 19.2. The molecule has 0 spiro atoms. The maximum Gasteiger partial charge on any atom is 0.407 e. The molecular formula is C16H25N3O3S. The first-order valence-corrected chi connectivity index (χ1v) is 8.60. The van der Waals surface area contributed by atoms with Gasteiger partial charge in [0.2, 0.25) is 5.91 Å². The van der Waals surface area contributed by atoms with E-state index in [2.05, 4.69) is 29.5 Å². The molecule has 0 fully saturated rings. The SMILES string of the molecule is CCOC(=O)NC(CNC(=O)/C=C/c1csc(C)n1)CC(C)C. The van der Waals surface area contributed by atoms with Gasteiger partial charge in [-0.25, -0.2) is 9.78 Å². The van der Waals surface area contributed by atoms with Crippen molar-refractivity contribution < 1.29 is 14.3 Å². The van der Waals surface area contributed by atoms with E-state index < -0.39 is 6.09 Å². The molecule has 0 aromatic carbocycles. The van der Waals surface area contributed by atoms with Crippen molar-refractivity contribution in [2.45, 2.75) is 40.2 Å². The molecule has 2 N–H and O–H groups in total. The number of carbonyl (C=O) groups is 2. The van der Waals surface area contributed by atoms with Crippen LogP contribution in [0.2, 0.25) is 0 Å². The lowest BCUT2D eigenvalue weighted by Crippen LogP contribution is -2.44. The molecule has 0 bridgehead atoms. The molecular weight excluding hydrogens is 314 g/mol. The van der Waals surface area contributed by atoms with Crippen LogP contribution in [0.5, 0.6) is 0 Å². The number of thiazole rings is 1. The Bertz CT molecular complexity index is 540. The van der Waals surface area contributed by atoms with Gasteiger partial charge in [-0.1, -0.05) is 13.8 Å². The average molecular weight is 339 g/mol. The second kappa shape index (κ2) is 9.99. The number of aryl methyl sites for hydroxylation is 1. The zero-order chi connectivity index (χ0) is 17.2. The number of nitrogens with zero attached hydrogens (tertiary/aromatic N) is 1. The van der Waals surface area contributed by atoms with Crippen LogP contribution < -0.4 is 10.6 Å². The van der Waals surface area contributed by atoms with Crippen LogP contribution in [0.1, 0.15) is 37.9 Å². The van der Waals surface area contributed by atoms with Gasteiger partial charge in [-0.3, -0.25) is 4.79 Å². The van der Waals surface area contributed by atoms with Gasteiger partial charge < -0.3 is 15.4 Å². The lowest BCUT2D eigenvalue weighted by molar-refractivity contribution is -0.116. The number of alkyl carbamates (subject to hydrolysis) is 1. The Morgan fingerprint density at radius 1 is 1.43 bits per heavy atom. The van der Waals surface area contributed by atoms with Crippen LogP contribution in [0.25, 0.3) is 6.08 Å². The molecule has 0 aliphatic heterocycles. The van der Waals surface area contributed by atoms with E-state index in [9.17, 15) is 9.59 Å². The van der Waals surface area contributed by atoms with Crippen LogP contribution in [0.3, 0.4) is 0 Å². The van der Waals surface area contributed by atoms with Crippen molar-refractivity contribution in [1.29, 1.82) is 0 Å². The molecule has 0 saturated heterocycles. The number of aromatic nitrogens is 1. The van der Waals surface area contributed by atoms with Crippen molar-refractivity contribution in [3.8, 4) is 0 Å². The van der Waals surface area contributed by atoms with Gasteiger partial charge in [0.25, 0.3) is 0 Å². The van der Waals surface area contributed by atoms with Crippen LogP contribution in [0.15, 0.2) is 11.5 Å². The Kier molecular flexibility index (Phi) is 8.32. The number of carbonyl (C=O) groups excluding carboxylic acids is 2. The zero-order valence-electron chi connectivity index (χ0n) is 14.1. The predicted molar refractivity (Wildman–Crippen MR) is 92.3 cm³/mol. The van der Waals surface area contributed by atoms with Gasteiger partial charge >= 0.3 is 6.09 Å². The molecule has 0 aliphatic rings. The monoisotopic (exact) mass is 339 g/mol. The number of rotatable bonds is 8.